The van der Waals surface area contributed by atoms with Crippen molar-refractivity contribution in [1.82, 2.24) is 10.2 Å². The van der Waals surface area contributed by atoms with E-state index in [0.717, 1.165) is 12.0 Å². The first-order valence-corrected chi connectivity index (χ1v) is 12.1. The monoisotopic (exact) mass is 464 g/mol. The Morgan fingerprint density at radius 3 is 2.65 bits per heavy atom. The summed E-state index contributed by atoms with van der Waals surface area (Å²) in [5.74, 6) is -0.501. The van der Waals surface area contributed by atoms with Crippen molar-refractivity contribution >= 4 is 29.5 Å². The molecule has 0 aromatic heterocycles. The quantitative estimate of drug-likeness (QED) is 0.507. The number of nitrogens with one attached hydrogen (secondary N) is 2. The van der Waals surface area contributed by atoms with Gasteiger partial charge in [0.25, 0.3) is 5.91 Å². The number of hydrogen-bond acceptors (Lipinski definition) is 5. The van der Waals surface area contributed by atoms with Crippen molar-refractivity contribution in [3.8, 4) is 5.75 Å². The van der Waals surface area contributed by atoms with Gasteiger partial charge in [-0.15, -0.1) is 0 Å². The molecule has 6 heterocycles. The van der Waals surface area contributed by atoms with E-state index in [1.54, 1.807) is 4.90 Å². The molecule has 1 aromatic rings. The number of nitrogens with zero attached hydrogens (tertiary/aromatic N) is 1. The number of amides is 3. The van der Waals surface area contributed by atoms with Gasteiger partial charge in [-0.25, -0.2) is 0 Å². The van der Waals surface area contributed by atoms with Gasteiger partial charge in [-0.05, 0) is 62.3 Å². The largest absolute Gasteiger partial charge is 0.483 e. The van der Waals surface area contributed by atoms with Gasteiger partial charge in [-0.1, -0.05) is 19.9 Å². The number of carbonyl (C=O) groups excluding carboxylic acids is 3. The SMILES string of the molecule is CC1(C)C=Cc2c(ccc3c2NC(=O)[C@@]32[C@H](O)[C@@]34N[13C](=O)[C@@]5(CCCN5C3=O)C[C@H]4C2(C)C)O1. The van der Waals surface area contributed by atoms with E-state index in [4.69, 9.17) is 4.74 Å². The fraction of sp³-hybridized carbons (Fsp3) is 0.577. The van der Waals surface area contributed by atoms with Gasteiger partial charge in [0.15, 0.2) is 0 Å². The number of carbonyl (C=O) groups is 3. The lowest BCUT2D eigenvalue weighted by Crippen LogP contribution is -2.83. The summed E-state index contributed by atoms with van der Waals surface area (Å²) < 4.78 is 6.11. The number of piperidine rings is 2. The second-order valence-corrected chi connectivity index (χ2v) is 12.0. The standard InChI is InChI=1S/C26H29N3O5/c1-22(2)10-8-13-15(34-22)7-6-14-17(13)27-20(32)25(14)18(30)26-16(23(25,3)4)12-24(19(31)28-26)9-5-11-29(24)21(26)33/h6-8,10,16,18,30H,5,9,11-12H2,1-4H3,(H,27,32)(H,28,31)/t16-,18-,24+,25-,26+/m0/s1/i19+1. The Morgan fingerprint density at radius 1 is 1.12 bits per heavy atom. The fourth-order valence-corrected chi connectivity index (χ4v) is 8.37. The molecule has 5 atom stereocenters. The van der Waals surface area contributed by atoms with Crippen LogP contribution in [0.4, 0.5) is 5.69 Å². The molecular weight excluding hydrogens is 435 g/mol. The summed E-state index contributed by atoms with van der Waals surface area (Å²) in [7, 11) is 0. The highest BCUT2D eigenvalue weighted by molar-refractivity contribution is 6.13. The van der Waals surface area contributed by atoms with Gasteiger partial charge < -0.3 is 25.4 Å². The molecule has 4 saturated heterocycles. The van der Waals surface area contributed by atoms with Crippen LogP contribution in [-0.2, 0) is 19.8 Å². The smallest absolute Gasteiger partial charge is 0.252 e. The van der Waals surface area contributed by atoms with Crippen LogP contribution < -0.4 is 15.4 Å². The van der Waals surface area contributed by atoms with Gasteiger partial charge >= 0.3 is 0 Å². The summed E-state index contributed by atoms with van der Waals surface area (Å²) in [4.78, 5) is 43.0. The van der Waals surface area contributed by atoms with E-state index in [2.05, 4.69) is 10.6 Å². The van der Waals surface area contributed by atoms with Crippen molar-refractivity contribution in [1.29, 1.82) is 0 Å². The lowest BCUT2D eigenvalue weighted by Gasteiger charge is -2.59. The highest BCUT2D eigenvalue weighted by atomic mass is 16.5. The number of piperazine rings is 1. The molecule has 3 amide bonds. The van der Waals surface area contributed by atoms with Gasteiger partial charge in [-0.3, -0.25) is 14.4 Å². The number of benzene rings is 1. The Balaban J connectivity index is 1.47. The zero-order valence-corrected chi connectivity index (χ0v) is 19.8. The predicted molar refractivity (Wildman–Crippen MR) is 123 cm³/mol. The van der Waals surface area contributed by atoms with Crippen LogP contribution in [0.1, 0.15) is 58.1 Å². The highest BCUT2D eigenvalue weighted by Crippen LogP contribution is 2.70. The molecule has 7 aliphatic rings. The minimum atomic E-state index is -1.52. The third-order valence-corrected chi connectivity index (χ3v) is 9.90. The molecule has 8 rings (SSSR count). The van der Waals surface area contributed by atoms with E-state index in [1.807, 2.05) is 52.0 Å². The molecule has 5 fully saturated rings. The zero-order valence-electron chi connectivity index (χ0n) is 19.8. The first-order chi connectivity index (χ1) is 15.9. The van der Waals surface area contributed by atoms with Crippen LogP contribution >= 0.6 is 0 Å². The summed E-state index contributed by atoms with van der Waals surface area (Å²) in [6.45, 7) is 8.37. The first-order valence-electron chi connectivity index (χ1n) is 12.1. The van der Waals surface area contributed by atoms with Crippen molar-refractivity contribution in [2.24, 2.45) is 11.3 Å². The molecule has 2 bridgehead atoms. The second kappa shape index (κ2) is 5.51. The number of anilines is 1. The number of hydrogen-bond donors (Lipinski definition) is 3. The Bertz CT molecular complexity index is 1270. The lowest BCUT2D eigenvalue weighted by atomic mass is 9.58. The van der Waals surface area contributed by atoms with Crippen LogP contribution in [0.25, 0.3) is 6.08 Å². The molecule has 1 aromatic carbocycles. The van der Waals surface area contributed by atoms with Crippen molar-refractivity contribution in [3.63, 3.8) is 0 Å². The molecular formula is C26H29N3O5. The minimum Gasteiger partial charge on any atom is -0.483 e. The Labute approximate surface area is 197 Å². The zero-order chi connectivity index (χ0) is 24.1. The molecule has 0 radical (unpaired) electrons. The maximum atomic E-state index is 14.0. The van der Waals surface area contributed by atoms with Crippen LogP contribution in [0.3, 0.4) is 0 Å². The van der Waals surface area contributed by atoms with Gasteiger partial charge in [0.05, 0.1) is 5.69 Å². The first kappa shape index (κ1) is 20.5. The molecule has 3 spiro atoms. The van der Waals surface area contributed by atoms with Gasteiger partial charge in [0.2, 0.25) is 11.8 Å². The van der Waals surface area contributed by atoms with Crippen LogP contribution in [0, 0.1) is 11.3 Å². The maximum Gasteiger partial charge on any atom is 0.252 e. The lowest BCUT2D eigenvalue weighted by molar-refractivity contribution is -0.180. The molecule has 34 heavy (non-hydrogen) atoms. The van der Waals surface area contributed by atoms with Crippen LogP contribution in [0.2, 0.25) is 0 Å². The van der Waals surface area contributed by atoms with E-state index in [0.29, 0.717) is 36.4 Å². The molecule has 3 N–H and O–H groups in total. The summed E-state index contributed by atoms with van der Waals surface area (Å²) in [6, 6.07) is 3.69. The normalized spacial score (nSPS) is 41.6. The van der Waals surface area contributed by atoms with E-state index < -0.39 is 33.6 Å². The topological polar surface area (TPSA) is 108 Å². The number of ether oxygens (including phenoxy) is 1. The molecule has 1 saturated carbocycles. The Hall–Kier alpha value is -2.87. The molecule has 8 nitrogen and oxygen atoms in total. The van der Waals surface area contributed by atoms with Crippen LogP contribution in [0.15, 0.2) is 18.2 Å². The summed E-state index contributed by atoms with van der Waals surface area (Å²) in [5.41, 5.74) is -3.02. The summed E-state index contributed by atoms with van der Waals surface area (Å²) >= 11 is 0. The van der Waals surface area contributed by atoms with Gasteiger partial charge in [0.1, 0.15) is 33.9 Å². The van der Waals surface area contributed by atoms with E-state index in [1.165, 1.54) is 0 Å². The number of aliphatic hydroxyl groups excluding tert-OH is 1. The predicted octanol–water partition coefficient (Wildman–Crippen LogP) is 1.71. The van der Waals surface area contributed by atoms with Gasteiger partial charge in [0, 0.05) is 18.0 Å². The van der Waals surface area contributed by atoms with Crippen molar-refractivity contribution < 1.29 is 24.2 Å². The average molecular weight is 465 g/mol. The van der Waals surface area contributed by atoms with E-state index >= 15 is 0 Å². The second-order valence-electron chi connectivity index (χ2n) is 12.0. The van der Waals surface area contributed by atoms with Gasteiger partial charge in [-0.2, -0.15) is 0 Å². The molecule has 8 heteroatoms. The number of aliphatic hydroxyl groups is 1. The third kappa shape index (κ3) is 1.80. The Kier molecular flexibility index (Phi) is 3.32. The van der Waals surface area contributed by atoms with Crippen LogP contribution in [0.5, 0.6) is 5.75 Å². The maximum absolute atomic E-state index is 14.0. The van der Waals surface area contributed by atoms with E-state index in [-0.39, 0.29) is 23.6 Å². The van der Waals surface area contributed by atoms with Crippen molar-refractivity contribution in [3.05, 3.63) is 29.3 Å². The minimum absolute atomic E-state index is 0.199. The molecule has 178 valence electrons. The summed E-state index contributed by atoms with van der Waals surface area (Å²) in [5, 5.41) is 18.2. The summed E-state index contributed by atoms with van der Waals surface area (Å²) in [6.07, 6.45) is 4.33. The number of fused-ring (bicyclic) bond motifs is 5. The van der Waals surface area contributed by atoms with Crippen molar-refractivity contribution in [2.75, 3.05) is 11.9 Å². The number of rotatable bonds is 0. The molecule has 6 aliphatic heterocycles. The van der Waals surface area contributed by atoms with E-state index in [9.17, 15) is 19.5 Å². The van der Waals surface area contributed by atoms with Crippen LogP contribution in [-0.4, -0.2) is 57.1 Å². The van der Waals surface area contributed by atoms with Crippen molar-refractivity contribution in [2.45, 2.75) is 75.2 Å². The Morgan fingerprint density at radius 2 is 1.88 bits per heavy atom. The average Bonchev–Trinajstić information content (AvgIpc) is 3.37. The highest BCUT2D eigenvalue weighted by Gasteiger charge is 2.85. The third-order valence-electron chi connectivity index (χ3n) is 9.90. The molecule has 0 unspecified atom stereocenters. The molecule has 1 aliphatic carbocycles. The fourth-order valence-electron chi connectivity index (χ4n) is 8.37.